The van der Waals surface area contributed by atoms with E-state index in [2.05, 4.69) is 36.8 Å². The smallest absolute Gasteiger partial charge is 0.230 e. The molecule has 22 heavy (non-hydrogen) atoms. The second-order valence-corrected chi connectivity index (χ2v) is 7.12. The average Bonchev–Trinajstić information content (AvgIpc) is 3.24. The van der Waals surface area contributed by atoms with E-state index in [4.69, 9.17) is 0 Å². The Balaban J connectivity index is 1.51. The normalized spacial score (nSPS) is 15.5. The minimum Gasteiger partial charge on any atom is -0.349 e. The lowest BCUT2D eigenvalue weighted by molar-refractivity contribution is -0.119. The molecule has 6 nitrogen and oxygen atoms in total. The first-order valence-electron chi connectivity index (χ1n) is 7.09. The van der Waals surface area contributed by atoms with Crippen LogP contribution in [-0.4, -0.2) is 31.9 Å². The van der Waals surface area contributed by atoms with Gasteiger partial charge in [-0.25, -0.2) is 4.68 Å². The number of carbonyl (C=O) groups excluding carboxylic acids is 1. The molecule has 0 spiro atoms. The maximum Gasteiger partial charge on any atom is 0.230 e. The van der Waals surface area contributed by atoms with Gasteiger partial charge in [-0.3, -0.25) is 4.79 Å². The molecule has 1 fully saturated rings. The molecule has 0 saturated heterocycles. The molecule has 1 aromatic carbocycles. The van der Waals surface area contributed by atoms with E-state index in [0.717, 1.165) is 22.9 Å². The number of aromatic nitrogens is 4. The molecule has 1 N–H and O–H groups in total. The molecule has 1 saturated carbocycles. The Labute approximate surface area is 141 Å². The monoisotopic (exact) mass is 381 g/mol. The van der Waals surface area contributed by atoms with Crippen molar-refractivity contribution in [3.63, 3.8) is 0 Å². The Bertz CT molecular complexity index is 656. The second kappa shape index (κ2) is 6.78. The molecule has 0 radical (unpaired) electrons. The molecule has 1 aliphatic carbocycles. The zero-order valence-electron chi connectivity index (χ0n) is 12.1. The molecule has 1 aromatic heterocycles. The minimum atomic E-state index is -0.0272. The van der Waals surface area contributed by atoms with Crippen LogP contribution >= 0.6 is 27.7 Å². The summed E-state index contributed by atoms with van der Waals surface area (Å²) >= 11 is 4.78. The number of carbonyl (C=O) groups is 1. The summed E-state index contributed by atoms with van der Waals surface area (Å²) in [4.78, 5) is 12.1. The van der Waals surface area contributed by atoms with E-state index in [1.165, 1.54) is 11.8 Å². The van der Waals surface area contributed by atoms with Gasteiger partial charge in [0.1, 0.15) is 0 Å². The topological polar surface area (TPSA) is 72.7 Å². The molecule has 1 amide bonds. The standard InChI is InChI=1S/C14H16BrN5OS/c1-9(10-2-4-11(15)5-3-10)16-13(21)8-22-14-17-18-19-20(14)12-6-7-12/h2-5,9,12H,6-8H2,1H3,(H,16,21)/t9-/m1/s1. The Morgan fingerprint density at radius 3 is 2.86 bits per heavy atom. The summed E-state index contributed by atoms with van der Waals surface area (Å²) in [6, 6.07) is 8.32. The van der Waals surface area contributed by atoms with Gasteiger partial charge in [-0.05, 0) is 47.9 Å². The maximum atomic E-state index is 12.1. The minimum absolute atomic E-state index is 0.0224. The van der Waals surface area contributed by atoms with Crippen molar-refractivity contribution in [2.24, 2.45) is 0 Å². The van der Waals surface area contributed by atoms with Crippen LogP contribution in [0, 0.1) is 0 Å². The number of halogens is 1. The third kappa shape index (κ3) is 3.86. The zero-order chi connectivity index (χ0) is 15.5. The van der Waals surface area contributed by atoms with Crippen LogP contribution in [0.3, 0.4) is 0 Å². The van der Waals surface area contributed by atoms with Crippen LogP contribution in [0.1, 0.15) is 37.4 Å². The number of hydrogen-bond acceptors (Lipinski definition) is 5. The van der Waals surface area contributed by atoms with E-state index in [0.29, 0.717) is 17.0 Å². The summed E-state index contributed by atoms with van der Waals surface area (Å²) in [5.41, 5.74) is 1.07. The summed E-state index contributed by atoms with van der Waals surface area (Å²) in [7, 11) is 0. The molecule has 1 atom stereocenters. The Hall–Kier alpha value is -1.41. The summed E-state index contributed by atoms with van der Waals surface area (Å²) in [5.74, 6) is 0.291. The molecule has 8 heteroatoms. The largest absolute Gasteiger partial charge is 0.349 e. The highest BCUT2D eigenvalue weighted by Crippen LogP contribution is 2.36. The lowest BCUT2D eigenvalue weighted by Crippen LogP contribution is -2.28. The lowest BCUT2D eigenvalue weighted by atomic mass is 10.1. The number of tetrazole rings is 1. The highest BCUT2D eigenvalue weighted by molar-refractivity contribution is 9.10. The molecule has 1 aliphatic rings. The van der Waals surface area contributed by atoms with Crippen LogP contribution in [0.15, 0.2) is 33.9 Å². The molecule has 0 aliphatic heterocycles. The average molecular weight is 382 g/mol. The van der Waals surface area contributed by atoms with Gasteiger partial charge >= 0.3 is 0 Å². The summed E-state index contributed by atoms with van der Waals surface area (Å²) < 4.78 is 2.84. The fourth-order valence-electron chi connectivity index (χ4n) is 2.08. The van der Waals surface area contributed by atoms with E-state index in [-0.39, 0.29) is 11.9 Å². The number of nitrogens with zero attached hydrogens (tertiary/aromatic N) is 4. The van der Waals surface area contributed by atoms with Crippen LogP contribution < -0.4 is 5.32 Å². The van der Waals surface area contributed by atoms with Crippen LogP contribution in [-0.2, 0) is 4.79 Å². The van der Waals surface area contributed by atoms with Crippen molar-refractivity contribution in [1.29, 1.82) is 0 Å². The number of thioether (sulfide) groups is 1. The SMILES string of the molecule is C[C@@H](NC(=O)CSc1nnnn1C1CC1)c1ccc(Br)cc1. The van der Waals surface area contributed by atoms with Crippen molar-refractivity contribution in [3.8, 4) is 0 Å². The zero-order valence-corrected chi connectivity index (χ0v) is 14.5. The molecule has 116 valence electrons. The van der Waals surface area contributed by atoms with Crippen molar-refractivity contribution in [2.75, 3.05) is 5.75 Å². The van der Waals surface area contributed by atoms with Crippen LogP contribution in [0.4, 0.5) is 0 Å². The maximum absolute atomic E-state index is 12.1. The van der Waals surface area contributed by atoms with Gasteiger partial charge < -0.3 is 5.32 Å². The van der Waals surface area contributed by atoms with Crippen LogP contribution in [0.2, 0.25) is 0 Å². The van der Waals surface area contributed by atoms with Gasteiger partial charge in [0.2, 0.25) is 11.1 Å². The Kier molecular flexibility index (Phi) is 4.77. The number of nitrogens with one attached hydrogen (secondary N) is 1. The van der Waals surface area contributed by atoms with Gasteiger partial charge in [0.25, 0.3) is 0 Å². The van der Waals surface area contributed by atoms with E-state index in [9.17, 15) is 4.79 Å². The van der Waals surface area contributed by atoms with Gasteiger partial charge in [-0.2, -0.15) is 0 Å². The van der Waals surface area contributed by atoms with E-state index < -0.39 is 0 Å². The summed E-state index contributed by atoms with van der Waals surface area (Å²) in [6.45, 7) is 1.97. The molecule has 1 heterocycles. The lowest BCUT2D eigenvalue weighted by Gasteiger charge is -2.14. The molecule has 0 unspecified atom stereocenters. The van der Waals surface area contributed by atoms with E-state index in [1.807, 2.05) is 35.9 Å². The fourth-order valence-corrected chi connectivity index (χ4v) is 3.10. The predicted molar refractivity (Wildman–Crippen MR) is 87.5 cm³/mol. The molecule has 2 aromatic rings. The molecule has 3 rings (SSSR count). The van der Waals surface area contributed by atoms with Crippen LogP contribution in [0.25, 0.3) is 0 Å². The van der Waals surface area contributed by atoms with Crippen molar-refractivity contribution in [2.45, 2.75) is 37.0 Å². The van der Waals surface area contributed by atoms with Crippen LogP contribution in [0.5, 0.6) is 0 Å². The third-order valence-electron chi connectivity index (χ3n) is 3.44. The first kappa shape index (κ1) is 15.5. The molecule has 0 bridgehead atoms. The van der Waals surface area contributed by atoms with E-state index >= 15 is 0 Å². The van der Waals surface area contributed by atoms with Gasteiger partial charge in [-0.1, -0.05) is 39.8 Å². The van der Waals surface area contributed by atoms with Gasteiger partial charge in [0, 0.05) is 4.47 Å². The van der Waals surface area contributed by atoms with E-state index in [1.54, 1.807) is 0 Å². The number of hydrogen-bond donors (Lipinski definition) is 1. The third-order valence-corrected chi connectivity index (χ3v) is 4.90. The number of rotatable bonds is 6. The van der Waals surface area contributed by atoms with Crippen molar-refractivity contribution >= 4 is 33.6 Å². The highest BCUT2D eigenvalue weighted by atomic mass is 79.9. The predicted octanol–water partition coefficient (Wildman–Crippen LogP) is 2.74. The van der Waals surface area contributed by atoms with Gasteiger partial charge in [-0.15, -0.1) is 5.10 Å². The highest BCUT2D eigenvalue weighted by Gasteiger charge is 2.28. The summed E-state index contributed by atoms with van der Waals surface area (Å²) in [5, 5.41) is 15.3. The van der Waals surface area contributed by atoms with Gasteiger partial charge in [0.05, 0.1) is 17.8 Å². The van der Waals surface area contributed by atoms with Crippen molar-refractivity contribution in [3.05, 3.63) is 34.3 Å². The van der Waals surface area contributed by atoms with Crippen molar-refractivity contribution < 1.29 is 4.79 Å². The first-order valence-corrected chi connectivity index (χ1v) is 8.87. The van der Waals surface area contributed by atoms with Gasteiger partial charge in [0.15, 0.2) is 0 Å². The first-order chi connectivity index (χ1) is 10.6. The molecular weight excluding hydrogens is 366 g/mol. The Morgan fingerprint density at radius 2 is 2.18 bits per heavy atom. The van der Waals surface area contributed by atoms with Crippen molar-refractivity contribution in [1.82, 2.24) is 25.5 Å². The quantitative estimate of drug-likeness (QED) is 0.778. The Morgan fingerprint density at radius 1 is 1.45 bits per heavy atom. The second-order valence-electron chi connectivity index (χ2n) is 5.27. The fraction of sp³-hybridized carbons (Fsp3) is 0.429. The number of benzene rings is 1. The molecular formula is C14H16BrN5OS. The summed E-state index contributed by atoms with van der Waals surface area (Å²) in [6.07, 6.45) is 2.23. The number of amides is 1.